The summed E-state index contributed by atoms with van der Waals surface area (Å²) >= 11 is 0. The highest BCUT2D eigenvalue weighted by atomic mass is 16.1. The lowest BCUT2D eigenvalue weighted by Gasteiger charge is -2.08. The van der Waals surface area contributed by atoms with Gasteiger partial charge >= 0.3 is 0 Å². The van der Waals surface area contributed by atoms with Crippen LogP contribution in [0, 0.1) is 0 Å². The third-order valence-electron chi connectivity index (χ3n) is 3.61. The van der Waals surface area contributed by atoms with Gasteiger partial charge in [-0.1, -0.05) is 42.5 Å². The van der Waals surface area contributed by atoms with Gasteiger partial charge in [0.2, 0.25) is 0 Å². The van der Waals surface area contributed by atoms with Crippen LogP contribution in [0.5, 0.6) is 0 Å². The second-order valence-electron chi connectivity index (χ2n) is 5.44. The lowest BCUT2D eigenvalue weighted by atomic mass is 10.0. The lowest BCUT2D eigenvalue weighted by molar-refractivity contribution is 0.102. The summed E-state index contributed by atoms with van der Waals surface area (Å²) in [6.45, 7) is 0. The highest BCUT2D eigenvalue weighted by Crippen LogP contribution is 2.16. The topological polar surface area (TPSA) is 55.1 Å². The molecule has 0 bridgehead atoms. The van der Waals surface area contributed by atoms with Crippen LogP contribution in [-0.2, 0) is 6.42 Å². The van der Waals surface area contributed by atoms with Crippen molar-refractivity contribution in [2.24, 2.45) is 0 Å². The van der Waals surface area contributed by atoms with Gasteiger partial charge in [0.05, 0.1) is 0 Å². The molecule has 0 aliphatic heterocycles. The van der Waals surface area contributed by atoms with E-state index in [1.807, 2.05) is 60.7 Å². The van der Waals surface area contributed by atoms with E-state index < -0.39 is 0 Å². The second kappa shape index (κ2) is 6.79. The van der Waals surface area contributed by atoms with Crippen LogP contribution in [0.2, 0.25) is 0 Å². The molecule has 0 saturated heterocycles. The minimum atomic E-state index is -0.102. The Morgan fingerprint density at radius 2 is 1.57 bits per heavy atom. The molecule has 0 aromatic heterocycles. The number of hydrogen-bond acceptors (Lipinski definition) is 2. The van der Waals surface area contributed by atoms with Crippen molar-refractivity contribution < 1.29 is 4.79 Å². The molecular weight excluding hydrogens is 284 g/mol. The van der Waals surface area contributed by atoms with E-state index >= 15 is 0 Å². The molecule has 3 aromatic rings. The Hall–Kier alpha value is -3.07. The summed E-state index contributed by atoms with van der Waals surface area (Å²) < 4.78 is 0. The Balaban J connectivity index is 1.72. The summed E-state index contributed by atoms with van der Waals surface area (Å²) in [5.74, 6) is -0.102. The molecule has 3 N–H and O–H groups in total. The number of nitrogen functional groups attached to an aromatic ring is 1. The Morgan fingerprint density at radius 3 is 2.30 bits per heavy atom. The van der Waals surface area contributed by atoms with E-state index in [9.17, 15) is 4.79 Å². The summed E-state index contributed by atoms with van der Waals surface area (Å²) in [6.07, 6.45) is 0.801. The standard InChI is InChI=1S/C20H18N2O/c21-18-11-9-15(10-12-18)13-16-5-4-8-19(14-16)22-20(23)17-6-2-1-3-7-17/h1-12,14H,13,21H2,(H,22,23). The van der Waals surface area contributed by atoms with Crippen molar-refractivity contribution in [1.82, 2.24) is 0 Å². The Labute approximate surface area is 135 Å². The first-order valence-electron chi connectivity index (χ1n) is 7.50. The summed E-state index contributed by atoms with van der Waals surface area (Å²) in [5, 5.41) is 2.93. The van der Waals surface area contributed by atoms with Crippen molar-refractivity contribution >= 4 is 17.3 Å². The van der Waals surface area contributed by atoms with Crippen molar-refractivity contribution in [2.75, 3.05) is 11.1 Å². The van der Waals surface area contributed by atoms with Gasteiger partial charge in [0, 0.05) is 16.9 Å². The molecule has 0 spiro atoms. The van der Waals surface area contributed by atoms with Crippen LogP contribution < -0.4 is 11.1 Å². The number of benzene rings is 3. The fourth-order valence-electron chi connectivity index (χ4n) is 2.42. The molecule has 0 radical (unpaired) electrons. The maximum Gasteiger partial charge on any atom is 0.255 e. The van der Waals surface area contributed by atoms with Gasteiger partial charge in [-0.05, 0) is 53.9 Å². The first-order chi connectivity index (χ1) is 11.2. The van der Waals surface area contributed by atoms with Crippen molar-refractivity contribution in [1.29, 1.82) is 0 Å². The normalized spacial score (nSPS) is 10.3. The lowest BCUT2D eigenvalue weighted by Crippen LogP contribution is -2.11. The van der Waals surface area contributed by atoms with Gasteiger partial charge in [0.1, 0.15) is 0 Å². The quantitative estimate of drug-likeness (QED) is 0.713. The van der Waals surface area contributed by atoms with E-state index in [1.165, 1.54) is 5.56 Å². The van der Waals surface area contributed by atoms with Crippen LogP contribution >= 0.6 is 0 Å². The first-order valence-corrected chi connectivity index (χ1v) is 7.50. The molecule has 114 valence electrons. The fraction of sp³-hybridized carbons (Fsp3) is 0.0500. The van der Waals surface area contributed by atoms with Gasteiger partial charge in [-0.25, -0.2) is 0 Å². The van der Waals surface area contributed by atoms with Gasteiger partial charge in [-0.3, -0.25) is 4.79 Å². The molecular formula is C20H18N2O. The predicted molar refractivity (Wildman–Crippen MR) is 94.5 cm³/mol. The summed E-state index contributed by atoms with van der Waals surface area (Å²) in [4.78, 5) is 12.2. The van der Waals surface area contributed by atoms with Gasteiger partial charge < -0.3 is 11.1 Å². The van der Waals surface area contributed by atoms with E-state index in [2.05, 4.69) is 11.4 Å². The van der Waals surface area contributed by atoms with E-state index in [0.29, 0.717) is 5.56 Å². The molecule has 0 heterocycles. The largest absolute Gasteiger partial charge is 0.399 e. The zero-order valence-corrected chi connectivity index (χ0v) is 12.7. The number of anilines is 2. The van der Waals surface area contributed by atoms with Crippen LogP contribution in [0.3, 0.4) is 0 Å². The van der Waals surface area contributed by atoms with E-state index in [4.69, 9.17) is 5.73 Å². The molecule has 23 heavy (non-hydrogen) atoms. The first kappa shape index (κ1) is 14.9. The smallest absolute Gasteiger partial charge is 0.255 e. The molecule has 3 aromatic carbocycles. The van der Waals surface area contributed by atoms with Crippen molar-refractivity contribution in [3.8, 4) is 0 Å². The molecule has 3 heteroatoms. The van der Waals surface area contributed by atoms with Gasteiger partial charge in [-0.15, -0.1) is 0 Å². The monoisotopic (exact) mass is 302 g/mol. The highest BCUT2D eigenvalue weighted by Gasteiger charge is 2.05. The SMILES string of the molecule is Nc1ccc(Cc2cccc(NC(=O)c3ccccc3)c2)cc1. The van der Waals surface area contributed by atoms with Crippen LogP contribution in [0.4, 0.5) is 11.4 Å². The van der Waals surface area contributed by atoms with Crippen LogP contribution in [-0.4, -0.2) is 5.91 Å². The number of carbonyl (C=O) groups excluding carboxylic acids is 1. The number of rotatable bonds is 4. The fourth-order valence-corrected chi connectivity index (χ4v) is 2.42. The molecule has 0 atom stereocenters. The zero-order chi connectivity index (χ0) is 16.1. The number of carbonyl (C=O) groups is 1. The molecule has 0 unspecified atom stereocenters. The zero-order valence-electron chi connectivity index (χ0n) is 12.7. The third kappa shape index (κ3) is 3.98. The maximum absolute atomic E-state index is 12.2. The van der Waals surface area contributed by atoms with Crippen LogP contribution in [0.15, 0.2) is 78.9 Å². The van der Waals surface area contributed by atoms with Crippen LogP contribution in [0.25, 0.3) is 0 Å². The average Bonchev–Trinajstić information content (AvgIpc) is 2.58. The summed E-state index contributed by atoms with van der Waals surface area (Å²) in [5.41, 5.74) is 10.2. The number of nitrogens with two attached hydrogens (primary N) is 1. The van der Waals surface area contributed by atoms with Gasteiger partial charge in [0.25, 0.3) is 5.91 Å². The van der Waals surface area contributed by atoms with E-state index in [1.54, 1.807) is 12.1 Å². The average molecular weight is 302 g/mol. The summed E-state index contributed by atoms with van der Waals surface area (Å²) in [6, 6.07) is 24.9. The molecule has 3 rings (SSSR count). The van der Waals surface area contributed by atoms with Crippen molar-refractivity contribution in [3.63, 3.8) is 0 Å². The molecule has 1 amide bonds. The molecule has 0 aliphatic carbocycles. The predicted octanol–water partition coefficient (Wildman–Crippen LogP) is 4.11. The Morgan fingerprint density at radius 1 is 0.826 bits per heavy atom. The number of hydrogen-bond donors (Lipinski definition) is 2. The third-order valence-corrected chi connectivity index (χ3v) is 3.61. The Kier molecular flexibility index (Phi) is 4.39. The summed E-state index contributed by atoms with van der Waals surface area (Å²) in [7, 11) is 0. The van der Waals surface area contributed by atoms with Crippen molar-refractivity contribution in [2.45, 2.75) is 6.42 Å². The maximum atomic E-state index is 12.2. The van der Waals surface area contributed by atoms with Crippen LogP contribution in [0.1, 0.15) is 21.5 Å². The molecule has 0 aliphatic rings. The number of nitrogens with one attached hydrogen (secondary N) is 1. The highest BCUT2D eigenvalue weighted by molar-refractivity contribution is 6.04. The Bertz CT molecular complexity index is 795. The molecule has 3 nitrogen and oxygen atoms in total. The number of amides is 1. The van der Waals surface area contributed by atoms with Gasteiger partial charge in [-0.2, -0.15) is 0 Å². The minimum absolute atomic E-state index is 0.102. The second-order valence-corrected chi connectivity index (χ2v) is 5.44. The van der Waals surface area contributed by atoms with E-state index in [-0.39, 0.29) is 5.91 Å². The van der Waals surface area contributed by atoms with Crippen molar-refractivity contribution in [3.05, 3.63) is 95.6 Å². The minimum Gasteiger partial charge on any atom is -0.399 e. The van der Waals surface area contributed by atoms with E-state index in [0.717, 1.165) is 23.4 Å². The molecule has 0 saturated carbocycles. The molecule has 0 fully saturated rings. The van der Waals surface area contributed by atoms with Gasteiger partial charge in [0.15, 0.2) is 0 Å².